The molecular formula is C41H41BrFN9O6. The molecule has 4 aliphatic heterocycles. The number of hydrogen-bond donors (Lipinski definition) is 2. The highest BCUT2D eigenvalue weighted by molar-refractivity contribution is 9.10. The van der Waals surface area contributed by atoms with Crippen molar-refractivity contribution in [3.8, 4) is 11.8 Å². The van der Waals surface area contributed by atoms with E-state index in [1.54, 1.807) is 18.3 Å². The van der Waals surface area contributed by atoms with Crippen LogP contribution in [-0.4, -0.2) is 113 Å². The number of piperidine rings is 2. The average molecular weight is 855 g/mol. The molecule has 17 heteroatoms. The Hall–Kier alpha value is -5.47. The maximum absolute atomic E-state index is 15.4. The highest BCUT2D eigenvalue weighted by Gasteiger charge is 2.56. The lowest BCUT2D eigenvalue weighted by atomic mass is 9.93. The van der Waals surface area contributed by atoms with Gasteiger partial charge in [0.15, 0.2) is 0 Å². The molecule has 0 bridgehead atoms. The van der Waals surface area contributed by atoms with E-state index in [2.05, 4.69) is 52.4 Å². The first-order valence-electron chi connectivity index (χ1n) is 19.8. The number of piperazine rings is 1. The summed E-state index contributed by atoms with van der Waals surface area (Å²) in [6.45, 7) is 5.55. The number of rotatable bonds is 9. The van der Waals surface area contributed by atoms with Crippen LogP contribution in [0, 0.1) is 34.9 Å². The third-order valence-corrected chi connectivity index (χ3v) is 13.3. The van der Waals surface area contributed by atoms with Crippen molar-refractivity contribution in [3.05, 3.63) is 75.4 Å². The van der Waals surface area contributed by atoms with Gasteiger partial charge in [-0.3, -0.25) is 39.1 Å². The zero-order chi connectivity index (χ0) is 40.2. The Kier molecular flexibility index (Phi) is 10.1. The number of aromatic nitrogens is 2. The molecule has 9 rings (SSSR count). The summed E-state index contributed by atoms with van der Waals surface area (Å²) in [4.78, 5) is 79.9. The molecule has 1 aromatic heterocycles. The molecule has 2 saturated carbocycles. The van der Waals surface area contributed by atoms with E-state index < -0.39 is 35.5 Å². The van der Waals surface area contributed by atoms with Crippen molar-refractivity contribution < 1.29 is 33.1 Å². The van der Waals surface area contributed by atoms with E-state index in [-0.39, 0.29) is 53.4 Å². The molecule has 15 nitrogen and oxygen atoms in total. The van der Waals surface area contributed by atoms with E-state index in [1.807, 2.05) is 11.0 Å². The summed E-state index contributed by atoms with van der Waals surface area (Å²) in [5.41, 5.74) is 1.16. The van der Waals surface area contributed by atoms with Crippen LogP contribution in [0.2, 0.25) is 0 Å². The predicted molar refractivity (Wildman–Crippen MR) is 209 cm³/mol. The Balaban J connectivity index is 0.711. The number of carbonyl (C=O) groups is 5. The molecule has 1 unspecified atom stereocenters. The predicted octanol–water partition coefficient (Wildman–Crippen LogP) is 3.28. The lowest BCUT2D eigenvalue weighted by Crippen LogP contribution is -2.54. The van der Waals surface area contributed by atoms with Gasteiger partial charge in [-0.15, -0.1) is 0 Å². The van der Waals surface area contributed by atoms with Crippen LogP contribution in [-0.2, 0) is 9.59 Å². The fourth-order valence-corrected chi connectivity index (χ4v) is 9.78. The second kappa shape index (κ2) is 15.4. The van der Waals surface area contributed by atoms with Crippen LogP contribution in [0.25, 0.3) is 0 Å². The van der Waals surface area contributed by atoms with Crippen molar-refractivity contribution in [1.82, 2.24) is 30.4 Å². The van der Waals surface area contributed by atoms with Crippen LogP contribution in [0.1, 0.15) is 75.3 Å². The number of halogens is 2. The Morgan fingerprint density at radius 2 is 1.66 bits per heavy atom. The normalized spacial score (nSPS) is 26.9. The van der Waals surface area contributed by atoms with Gasteiger partial charge < -0.3 is 19.9 Å². The van der Waals surface area contributed by atoms with Gasteiger partial charge in [0, 0.05) is 62.7 Å². The van der Waals surface area contributed by atoms with Crippen LogP contribution in [0.3, 0.4) is 0 Å². The van der Waals surface area contributed by atoms with Gasteiger partial charge >= 0.3 is 0 Å². The van der Waals surface area contributed by atoms with Gasteiger partial charge in [-0.05, 0) is 96.1 Å². The third-order valence-electron chi connectivity index (χ3n) is 12.6. The number of carbonyl (C=O) groups excluding carboxylic acids is 5. The van der Waals surface area contributed by atoms with E-state index in [9.17, 15) is 24.0 Å². The second-order valence-electron chi connectivity index (χ2n) is 16.1. The second-order valence-corrected chi connectivity index (χ2v) is 16.9. The third kappa shape index (κ3) is 7.28. The van der Waals surface area contributed by atoms with E-state index in [0.29, 0.717) is 46.6 Å². The molecule has 6 aliphatic rings. The number of hydrogen-bond acceptors (Lipinski definition) is 12. The van der Waals surface area contributed by atoms with Gasteiger partial charge in [0.05, 0.1) is 40.9 Å². The van der Waals surface area contributed by atoms with Crippen LogP contribution in [0.5, 0.6) is 5.75 Å². The summed E-state index contributed by atoms with van der Waals surface area (Å²) in [5.74, 6) is -0.556. The summed E-state index contributed by atoms with van der Waals surface area (Å²) in [5, 5.41) is 14.4. The van der Waals surface area contributed by atoms with Crippen molar-refractivity contribution in [2.24, 2.45) is 17.8 Å². The van der Waals surface area contributed by atoms with Crippen molar-refractivity contribution in [2.45, 2.75) is 56.7 Å². The largest absolute Gasteiger partial charge is 0.490 e. The first-order valence-corrected chi connectivity index (χ1v) is 20.6. The first-order chi connectivity index (χ1) is 28.0. The molecule has 300 valence electrons. The molecule has 0 radical (unpaired) electrons. The van der Waals surface area contributed by atoms with Crippen LogP contribution in [0.15, 0.2) is 47.2 Å². The molecule has 2 N–H and O–H groups in total. The number of benzene rings is 2. The molecule has 5 amide bonds. The summed E-state index contributed by atoms with van der Waals surface area (Å²) < 4.78 is 22.3. The minimum atomic E-state index is -1.10. The number of anilines is 2. The summed E-state index contributed by atoms with van der Waals surface area (Å²) in [6, 6.07) is 8.96. The molecule has 2 aliphatic carbocycles. The Morgan fingerprint density at radius 1 is 0.931 bits per heavy atom. The SMILES string of the molecule is N#Cc1ccc(O[C@H]2CC[C@H](NC(=O)c3cnc(N4CCN(C[C@@H]5[C@H]6CN(c7cc8c(cc7F)C(=O)N(C7CCC(=O)NC7=O)C8=O)C[C@@H]56)CC4)cn3)CC2)cc1Br. The van der Waals surface area contributed by atoms with E-state index in [1.165, 1.54) is 12.3 Å². The summed E-state index contributed by atoms with van der Waals surface area (Å²) >= 11 is 3.40. The zero-order valence-electron chi connectivity index (χ0n) is 31.5. The van der Waals surface area contributed by atoms with Gasteiger partial charge in [-0.1, -0.05) is 0 Å². The van der Waals surface area contributed by atoms with E-state index >= 15 is 4.39 Å². The van der Waals surface area contributed by atoms with Crippen molar-refractivity contribution in [2.75, 3.05) is 55.6 Å². The van der Waals surface area contributed by atoms with Gasteiger partial charge in [-0.2, -0.15) is 5.26 Å². The van der Waals surface area contributed by atoms with Crippen molar-refractivity contribution in [3.63, 3.8) is 0 Å². The molecular weight excluding hydrogens is 813 g/mol. The molecule has 5 fully saturated rings. The maximum atomic E-state index is 15.4. The molecule has 0 spiro atoms. The first kappa shape index (κ1) is 38.1. The van der Waals surface area contributed by atoms with Gasteiger partial charge in [0.1, 0.15) is 35.2 Å². The lowest BCUT2D eigenvalue weighted by Gasteiger charge is -2.36. The van der Waals surface area contributed by atoms with Crippen LogP contribution >= 0.6 is 15.9 Å². The molecule has 3 saturated heterocycles. The van der Waals surface area contributed by atoms with Gasteiger partial charge in [0.25, 0.3) is 17.7 Å². The smallest absolute Gasteiger partial charge is 0.271 e. The highest BCUT2D eigenvalue weighted by atomic mass is 79.9. The number of amides is 5. The average Bonchev–Trinajstić information content (AvgIpc) is 3.52. The number of nitrogens with one attached hydrogen (secondary N) is 2. The summed E-state index contributed by atoms with van der Waals surface area (Å²) in [7, 11) is 0. The van der Waals surface area contributed by atoms with E-state index in [0.717, 1.165) is 75.2 Å². The number of nitrogens with zero attached hydrogens (tertiary/aromatic N) is 7. The Morgan fingerprint density at radius 3 is 2.31 bits per heavy atom. The topological polar surface area (TPSA) is 181 Å². The lowest BCUT2D eigenvalue weighted by molar-refractivity contribution is -0.136. The monoisotopic (exact) mass is 853 g/mol. The molecule has 2 aromatic carbocycles. The van der Waals surface area contributed by atoms with Gasteiger partial charge in [0.2, 0.25) is 11.8 Å². The Bertz CT molecular complexity index is 2230. The fraction of sp³-hybridized carbons (Fsp3) is 0.463. The maximum Gasteiger partial charge on any atom is 0.271 e. The number of ether oxygens (including phenoxy) is 1. The van der Waals surface area contributed by atoms with Gasteiger partial charge in [-0.25, -0.2) is 14.4 Å². The summed E-state index contributed by atoms with van der Waals surface area (Å²) in [6.07, 6.45) is 6.50. The quantitative estimate of drug-likeness (QED) is 0.301. The standard InChI is InChI=1S/C41H41BrFN9O6/c42-31-13-25(4-1-22(31)16-44)58-24-5-2-23(3-6-24)47-38(54)33-17-46-36(18-45-33)50-11-9-49(10-12-50)19-28-29-20-51(21-30(28)29)35-15-27-26(14-32(35)43)40(56)52(41(27)57)34-7-8-37(53)48-39(34)55/h1,4,13-15,17-18,23-24,28-30,34H,2-3,5-12,19-21H2,(H,47,54)(H,48,53,55)/t23-,24-,28-,29-,30+,34?. The minimum absolute atomic E-state index is 0.0181. The highest BCUT2D eigenvalue weighted by Crippen LogP contribution is 2.53. The van der Waals surface area contributed by atoms with Crippen LogP contribution < -0.4 is 25.2 Å². The number of fused-ring (bicyclic) bond motifs is 2. The fourth-order valence-electron chi connectivity index (χ4n) is 9.33. The van der Waals surface area contributed by atoms with Crippen molar-refractivity contribution >= 4 is 57.0 Å². The molecule has 4 atom stereocenters. The molecule has 3 aromatic rings. The minimum Gasteiger partial charge on any atom is -0.490 e. The Labute approximate surface area is 342 Å². The molecule has 5 heterocycles. The molecule has 58 heavy (non-hydrogen) atoms. The van der Waals surface area contributed by atoms with Crippen molar-refractivity contribution in [1.29, 1.82) is 5.26 Å². The van der Waals surface area contributed by atoms with E-state index in [4.69, 9.17) is 10.00 Å². The van der Waals surface area contributed by atoms with Crippen LogP contribution in [0.4, 0.5) is 15.9 Å². The number of nitriles is 1. The zero-order valence-corrected chi connectivity index (χ0v) is 33.1. The number of imide groups is 2.